The maximum absolute atomic E-state index is 7.50. The van der Waals surface area contributed by atoms with Gasteiger partial charge in [0.25, 0.3) is 0 Å². The van der Waals surface area contributed by atoms with Crippen LogP contribution in [0.2, 0.25) is 0 Å². The van der Waals surface area contributed by atoms with Crippen LogP contribution in [0.4, 0.5) is 0 Å². The third kappa shape index (κ3) is 1640. The van der Waals surface area contributed by atoms with Crippen molar-refractivity contribution in [1.29, 1.82) is 0 Å². The van der Waals surface area contributed by atoms with Gasteiger partial charge in [-0.25, -0.2) is 5.26 Å². The Bertz CT molecular complexity index is 40.2. The van der Waals surface area contributed by atoms with E-state index in [9.17, 15) is 0 Å². The summed E-state index contributed by atoms with van der Waals surface area (Å²) >= 11 is 0. The van der Waals surface area contributed by atoms with Gasteiger partial charge in [0.15, 0.2) is 0 Å². The number of hydrogen-bond donors (Lipinski definition) is 1. The predicted molar refractivity (Wildman–Crippen MR) is 31.3 cm³/mol. The van der Waals surface area contributed by atoms with Crippen LogP contribution in [0.3, 0.4) is 0 Å². The molecule has 8 heavy (non-hydrogen) atoms. The van der Waals surface area contributed by atoms with Crippen molar-refractivity contribution in [2.24, 2.45) is 0 Å². The van der Waals surface area contributed by atoms with Crippen LogP contribution in [0.25, 0.3) is 0 Å². The monoisotopic (exact) mass is 120 g/mol. The molecule has 0 fully saturated rings. The van der Waals surface area contributed by atoms with Crippen LogP contribution < -0.4 is 0 Å². The fourth-order valence-electron chi connectivity index (χ4n) is 0. The Hall–Kier alpha value is -0.760. The molecule has 0 radical (unpaired) electrons. The molecule has 0 saturated carbocycles. The molecule has 0 aromatic heterocycles. The second-order valence-electron chi connectivity index (χ2n) is 0.272. The minimum atomic E-state index is 0. The van der Waals surface area contributed by atoms with E-state index in [2.05, 4.69) is 18.1 Å². The van der Waals surface area contributed by atoms with Crippen LogP contribution in [-0.4, -0.2) is 5.26 Å². The van der Waals surface area contributed by atoms with Crippen molar-refractivity contribution in [1.82, 2.24) is 0 Å². The normalized spacial score (nSPS) is 2.88. The van der Waals surface area contributed by atoms with Crippen LogP contribution >= 0.6 is 0 Å². The zero-order valence-corrected chi connectivity index (χ0v) is 3.05. The van der Waals surface area contributed by atoms with Crippen molar-refractivity contribution in [2.75, 3.05) is 0 Å². The first-order valence-electron chi connectivity index (χ1n) is 1.03. The molecule has 0 spiro atoms. The molecule has 0 bridgehead atoms. The van der Waals surface area contributed by atoms with Crippen LogP contribution in [0.15, 0.2) is 12.8 Å². The quantitative estimate of drug-likeness (QED) is 0.189. The molecule has 50 valence electrons. The summed E-state index contributed by atoms with van der Waals surface area (Å²) in [5.41, 5.74) is 0. The van der Waals surface area contributed by atoms with Gasteiger partial charge < -0.3 is 4.89 Å². The van der Waals surface area contributed by atoms with E-state index in [1.54, 1.807) is 0 Å². The van der Waals surface area contributed by atoms with Gasteiger partial charge in [0.1, 0.15) is 6.26 Å². The van der Waals surface area contributed by atoms with Crippen LogP contribution in [0.1, 0.15) is 14.9 Å². The number of rotatable bonds is 1. The van der Waals surface area contributed by atoms with Crippen molar-refractivity contribution in [2.45, 2.75) is 14.9 Å². The predicted octanol–water partition coefficient (Wildman–Crippen LogP) is 1.85. The summed E-state index contributed by atoms with van der Waals surface area (Å²) in [7, 11) is 0. The van der Waals surface area contributed by atoms with Gasteiger partial charge >= 0.3 is 11.3 Å². The zero-order valence-electron chi connectivity index (χ0n) is 3.05. The molecule has 0 aromatic carbocycles. The van der Waals surface area contributed by atoms with Crippen molar-refractivity contribution in [3.8, 4) is 0 Å². The zero-order chi connectivity index (χ0) is 5.41. The van der Waals surface area contributed by atoms with Crippen LogP contribution in [-0.2, 0) is 9.54 Å². The topological polar surface area (TPSA) is 49.4 Å². The average molecular weight is 120 g/mol. The molecule has 1 N–H and O–H groups in total. The summed E-state index contributed by atoms with van der Waals surface area (Å²) in [6, 6.07) is 0. The van der Waals surface area contributed by atoms with Gasteiger partial charge in [-0.3, -0.25) is 0 Å². The third-order valence-electron chi connectivity index (χ3n) is 0.0745. The molecule has 3 nitrogen and oxygen atoms in total. The van der Waals surface area contributed by atoms with E-state index in [0.29, 0.717) is 0 Å². The SMILES string of the molecule is C.C.C=COO.[C-]#[O+]. The number of hydrogen-bond acceptors (Lipinski definition) is 2. The Morgan fingerprint density at radius 2 is 1.62 bits per heavy atom. The fourth-order valence-corrected chi connectivity index (χ4v) is 0. The summed E-state index contributed by atoms with van der Waals surface area (Å²) in [5, 5.41) is 7.26. The Balaban J connectivity index is -0.0000000183. The summed E-state index contributed by atoms with van der Waals surface area (Å²) in [6.45, 7) is 7.51. The minimum absolute atomic E-state index is 0. The molecule has 0 aliphatic carbocycles. The molecule has 0 saturated heterocycles. The Morgan fingerprint density at radius 1 is 1.50 bits per heavy atom. The van der Waals surface area contributed by atoms with Gasteiger partial charge in [-0.2, -0.15) is 0 Å². The van der Waals surface area contributed by atoms with Gasteiger partial charge in [0.05, 0.1) is 0 Å². The summed E-state index contributed by atoms with van der Waals surface area (Å²) in [6.07, 6.45) is 0.931. The average Bonchev–Trinajstić information content (AvgIpc) is 1.72. The first kappa shape index (κ1) is 26.9. The molecular weight excluding hydrogens is 108 g/mol. The standard InChI is InChI=1S/C2H4O2.CO.2CH4/c1-2-4-3;1-2;;/h2-3H,1H2;;2*1H4. The van der Waals surface area contributed by atoms with Gasteiger partial charge in [-0.05, 0) is 0 Å². The van der Waals surface area contributed by atoms with Crippen LogP contribution in [0.5, 0.6) is 0 Å². The molecule has 0 unspecified atom stereocenters. The molecule has 0 atom stereocenters. The van der Waals surface area contributed by atoms with Crippen molar-refractivity contribution >= 4 is 0 Å². The molecule has 0 aliphatic rings. The molecule has 3 heteroatoms. The van der Waals surface area contributed by atoms with Crippen LogP contribution in [0, 0.1) is 6.65 Å². The molecule has 0 aromatic rings. The van der Waals surface area contributed by atoms with Gasteiger partial charge in [-0.15, -0.1) is 0 Å². The third-order valence-corrected chi connectivity index (χ3v) is 0.0745. The van der Waals surface area contributed by atoms with E-state index < -0.39 is 0 Å². The second-order valence-corrected chi connectivity index (χ2v) is 0.272. The van der Waals surface area contributed by atoms with Crippen molar-refractivity contribution in [3.05, 3.63) is 19.5 Å². The Morgan fingerprint density at radius 3 is 1.62 bits per heavy atom. The van der Waals surface area contributed by atoms with Crippen molar-refractivity contribution < 1.29 is 14.8 Å². The van der Waals surface area contributed by atoms with Gasteiger partial charge in [-0.1, -0.05) is 21.4 Å². The van der Waals surface area contributed by atoms with E-state index in [1.807, 2.05) is 0 Å². The second kappa shape index (κ2) is 111. The summed E-state index contributed by atoms with van der Waals surface area (Å²) < 4.78 is 7.50. The fraction of sp³-hybridized carbons (Fsp3) is 0.400. The molecule has 0 heterocycles. The first-order valence-corrected chi connectivity index (χ1v) is 1.03. The molecule has 0 rings (SSSR count). The first-order chi connectivity index (χ1) is 2.91. The van der Waals surface area contributed by atoms with Crippen molar-refractivity contribution in [3.63, 3.8) is 0 Å². The molecule has 0 amide bonds. The van der Waals surface area contributed by atoms with E-state index in [-0.39, 0.29) is 14.9 Å². The summed E-state index contributed by atoms with van der Waals surface area (Å²) in [5.74, 6) is 0. The van der Waals surface area contributed by atoms with Gasteiger partial charge in [0.2, 0.25) is 0 Å². The summed E-state index contributed by atoms with van der Waals surface area (Å²) in [4.78, 5) is 3.31. The van der Waals surface area contributed by atoms with E-state index in [1.165, 1.54) is 0 Å². The molecular formula is C5H12O3. The molecule has 0 aliphatic heterocycles. The van der Waals surface area contributed by atoms with E-state index >= 15 is 0 Å². The van der Waals surface area contributed by atoms with E-state index in [4.69, 9.17) is 9.91 Å². The van der Waals surface area contributed by atoms with E-state index in [0.717, 1.165) is 6.26 Å². The maximum atomic E-state index is 7.50. The Kier molecular flexibility index (Phi) is 374. The van der Waals surface area contributed by atoms with Gasteiger partial charge in [0, 0.05) is 0 Å². The Labute approximate surface area is 50.2 Å².